The molecule has 0 radical (unpaired) electrons. The van der Waals surface area contributed by atoms with Gasteiger partial charge in [-0.1, -0.05) is 57.9 Å². The minimum atomic E-state index is -7.40. The largest absolute Gasteiger partial charge is 0.427 e. The summed E-state index contributed by atoms with van der Waals surface area (Å²) in [6.45, 7) is 2.96. The Labute approximate surface area is 202 Å². The number of rotatable bonds is 13. The zero-order valence-corrected chi connectivity index (χ0v) is 21.1. The predicted molar refractivity (Wildman–Crippen MR) is 114 cm³/mol. The second-order valence-electron chi connectivity index (χ2n) is 7.75. The Balaban J connectivity index is 3.36. The molecule has 0 aliphatic carbocycles. The lowest BCUT2D eigenvalue weighted by molar-refractivity contribution is -0.326. The molecule has 5 nitrogen and oxygen atoms in total. The summed E-state index contributed by atoms with van der Waals surface area (Å²) in [5.41, 5.74) is 0.831. The molecular formula is C19H24ClF8NO4S2. The van der Waals surface area contributed by atoms with Crippen LogP contribution in [0.1, 0.15) is 44.7 Å². The highest BCUT2D eigenvalue weighted by Crippen LogP contribution is 2.56. The van der Waals surface area contributed by atoms with E-state index in [9.17, 15) is 52.0 Å². The summed E-state index contributed by atoms with van der Waals surface area (Å²) in [7, 11) is -9.56. The van der Waals surface area contributed by atoms with Crippen LogP contribution >= 0.6 is 10.7 Å². The van der Waals surface area contributed by atoms with Gasteiger partial charge in [0.1, 0.15) is 0 Å². The van der Waals surface area contributed by atoms with E-state index in [-0.39, 0.29) is 9.87 Å². The first kappa shape index (κ1) is 31.8. The molecule has 204 valence electrons. The Morgan fingerprint density at radius 2 is 1.17 bits per heavy atom. The molecule has 0 aliphatic rings. The average molecular weight is 582 g/mol. The van der Waals surface area contributed by atoms with Crippen LogP contribution in [0.3, 0.4) is 0 Å². The van der Waals surface area contributed by atoms with Crippen LogP contribution in [0.2, 0.25) is 0 Å². The van der Waals surface area contributed by atoms with Crippen LogP contribution in [0, 0.1) is 5.92 Å². The number of benzene rings is 1. The highest BCUT2D eigenvalue weighted by atomic mass is 35.7. The van der Waals surface area contributed by atoms with Gasteiger partial charge in [0, 0.05) is 23.8 Å². The molecule has 0 heterocycles. The third-order valence-electron chi connectivity index (χ3n) is 5.51. The van der Waals surface area contributed by atoms with E-state index in [0.29, 0.717) is 12.3 Å². The van der Waals surface area contributed by atoms with Gasteiger partial charge in [-0.15, -0.1) is 0 Å². The van der Waals surface area contributed by atoms with Crippen molar-refractivity contribution in [1.29, 1.82) is 0 Å². The van der Waals surface area contributed by atoms with E-state index in [4.69, 9.17) is 0 Å². The number of alkyl halides is 8. The summed E-state index contributed by atoms with van der Waals surface area (Å²) >= 11 is 0. The fourth-order valence-corrected chi connectivity index (χ4v) is 5.27. The van der Waals surface area contributed by atoms with Crippen LogP contribution in [0.5, 0.6) is 0 Å². The molecule has 0 unspecified atom stereocenters. The van der Waals surface area contributed by atoms with Crippen molar-refractivity contribution in [2.75, 3.05) is 6.54 Å². The van der Waals surface area contributed by atoms with Gasteiger partial charge >= 0.3 is 31.4 Å². The lowest BCUT2D eigenvalue weighted by Gasteiger charge is -2.36. The smallest absolute Gasteiger partial charge is 0.206 e. The molecule has 0 saturated heterocycles. The van der Waals surface area contributed by atoms with Gasteiger partial charge in [-0.3, -0.25) is 0 Å². The Morgan fingerprint density at radius 3 is 1.54 bits per heavy atom. The first-order valence-electron chi connectivity index (χ1n) is 10.2. The summed E-state index contributed by atoms with van der Waals surface area (Å²) in [5, 5.41) is -13.8. The van der Waals surface area contributed by atoms with Crippen LogP contribution in [0.15, 0.2) is 24.3 Å². The lowest BCUT2D eigenvalue weighted by atomic mass is 9.94. The van der Waals surface area contributed by atoms with Gasteiger partial charge in [0.25, 0.3) is 10.0 Å². The first-order valence-corrected chi connectivity index (χ1v) is 13.9. The van der Waals surface area contributed by atoms with Crippen LogP contribution in [-0.4, -0.2) is 50.0 Å². The second-order valence-corrected chi connectivity index (χ2v) is 12.3. The zero-order valence-electron chi connectivity index (χ0n) is 18.7. The van der Waals surface area contributed by atoms with E-state index in [1.807, 2.05) is 13.8 Å². The molecule has 0 spiro atoms. The van der Waals surface area contributed by atoms with E-state index in [0.717, 1.165) is 25.3 Å². The molecule has 1 aromatic rings. The number of sulfonamides is 1. The standard InChI is InChI=1S/C19H24ClF8NO4S2/c1-4-13(5-2)11-14-7-9-15(10-8-14)12-29(6-3)35(32,33)19(27,28)17(23,24)16(21,22)18(25,26)34(20,30)31/h7-10,13H,4-6,11-12H2,1-3H3. The quantitative estimate of drug-likeness (QED) is 0.217. The Kier molecular flexibility index (Phi) is 9.70. The molecule has 0 saturated carbocycles. The van der Waals surface area contributed by atoms with Gasteiger partial charge in [-0.25, -0.2) is 16.8 Å². The Bertz CT molecular complexity index is 1080. The fourth-order valence-electron chi connectivity index (χ4n) is 3.10. The van der Waals surface area contributed by atoms with Crippen LogP contribution in [0.4, 0.5) is 35.1 Å². The van der Waals surface area contributed by atoms with Crippen LogP contribution in [-0.2, 0) is 32.0 Å². The molecule has 16 heteroatoms. The fraction of sp³-hybridized carbons (Fsp3) is 0.684. The third-order valence-corrected chi connectivity index (χ3v) is 8.93. The molecule has 0 aliphatic heterocycles. The number of halogens is 9. The van der Waals surface area contributed by atoms with Crippen molar-refractivity contribution in [3.8, 4) is 0 Å². The number of hydrogen-bond acceptors (Lipinski definition) is 4. The molecular weight excluding hydrogens is 558 g/mol. The molecule has 0 aromatic heterocycles. The maximum atomic E-state index is 14.4. The molecule has 0 N–H and O–H groups in total. The third kappa shape index (κ3) is 5.72. The van der Waals surface area contributed by atoms with Gasteiger partial charge in [0.05, 0.1) is 0 Å². The average Bonchev–Trinajstić information content (AvgIpc) is 2.75. The first-order chi connectivity index (χ1) is 15.7. The van der Waals surface area contributed by atoms with Gasteiger partial charge in [-0.05, 0) is 23.5 Å². The predicted octanol–water partition coefficient (Wildman–Crippen LogP) is 5.84. The van der Waals surface area contributed by atoms with Gasteiger partial charge < -0.3 is 0 Å². The number of nitrogens with zero attached hydrogens (tertiary/aromatic N) is 1. The van der Waals surface area contributed by atoms with Crippen LogP contribution in [0.25, 0.3) is 0 Å². The highest BCUT2D eigenvalue weighted by Gasteiger charge is 2.87. The maximum absolute atomic E-state index is 14.4. The highest BCUT2D eigenvalue weighted by molar-refractivity contribution is 8.14. The van der Waals surface area contributed by atoms with Crippen molar-refractivity contribution in [2.24, 2.45) is 5.92 Å². The lowest BCUT2D eigenvalue weighted by Crippen LogP contribution is -2.67. The summed E-state index contributed by atoms with van der Waals surface area (Å²) in [6, 6.07) is 5.71. The van der Waals surface area contributed by atoms with Gasteiger partial charge in [0.15, 0.2) is 0 Å². The molecule has 35 heavy (non-hydrogen) atoms. The minimum absolute atomic E-state index is 0.0169. The van der Waals surface area contributed by atoms with Crippen molar-refractivity contribution in [2.45, 2.75) is 68.9 Å². The molecule has 1 rings (SSSR count). The van der Waals surface area contributed by atoms with Crippen molar-refractivity contribution >= 4 is 29.8 Å². The van der Waals surface area contributed by atoms with E-state index in [1.54, 1.807) is 12.1 Å². The zero-order chi connectivity index (χ0) is 27.7. The monoisotopic (exact) mass is 581 g/mol. The molecule has 0 amide bonds. The summed E-state index contributed by atoms with van der Waals surface area (Å²) in [4.78, 5) is 0. The normalized spacial score (nSPS) is 14.7. The number of hydrogen-bond donors (Lipinski definition) is 0. The Morgan fingerprint density at radius 1 is 0.771 bits per heavy atom. The molecule has 0 atom stereocenters. The molecule has 1 aromatic carbocycles. The van der Waals surface area contributed by atoms with Crippen molar-refractivity contribution in [3.05, 3.63) is 35.4 Å². The van der Waals surface area contributed by atoms with E-state index >= 15 is 0 Å². The van der Waals surface area contributed by atoms with Crippen molar-refractivity contribution in [3.63, 3.8) is 0 Å². The summed E-state index contributed by atoms with van der Waals surface area (Å²) in [6.07, 6.45) is 2.40. The van der Waals surface area contributed by atoms with Crippen molar-refractivity contribution in [1.82, 2.24) is 4.31 Å². The maximum Gasteiger partial charge on any atom is 0.427 e. The van der Waals surface area contributed by atoms with Crippen LogP contribution < -0.4 is 0 Å². The summed E-state index contributed by atoms with van der Waals surface area (Å²) in [5.74, 6) is -14.4. The van der Waals surface area contributed by atoms with Gasteiger partial charge in [-0.2, -0.15) is 39.4 Å². The minimum Gasteiger partial charge on any atom is -0.206 e. The van der Waals surface area contributed by atoms with Crippen molar-refractivity contribution < 1.29 is 52.0 Å². The SMILES string of the molecule is CCC(CC)Cc1ccc(CN(CC)S(=O)(=O)C(F)(F)C(F)(F)C(F)(F)C(F)(F)S(=O)(=O)Cl)cc1. The van der Waals surface area contributed by atoms with E-state index < -0.39 is 54.5 Å². The summed E-state index contributed by atoms with van der Waals surface area (Å²) < 4.78 is 157. The van der Waals surface area contributed by atoms with Gasteiger partial charge in [0.2, 0.25) is 0 Å². The molecule has 0 fully saturated rings. The molecule has 0 bridgehead atoms. The van der Waals surface area contributed by atoms with E-state index in [2.05, 4.69) is 10.7 Å². The second kappa shape index (κ2) is 10.7. The topological polar surface area (TPSA) is 71.5 Å². The Hall–Kier alpha value is -1.19. The van der Waals surface area contributed by atoms with E-state index in [1.165, 1.54) is 12.1 Å².